The maximum Gasteiger partial charge on any atom is 0.248 e. The minimum Gasteiger partial charge on any atom is -0.299 e. The average Bonchev–Trinajstić information content (AvgIpc) is 3.05. The Kier molecular flexibility index (Phi) is 4.93. The summed E-state index contributed by atoms with van der Waals surface area (Å²) >= 11 is 1.30. The van der Waals surface area contributed by atoms with Crippen molar-refractivity contribution >= 4 is 22.4 Å². The van der Waals surface area contributed by atoms with Crippen molar-refractivity contribution in [2.45, 2.75) is 6.04 Å². The van der Waals surface area contributed by atoms with E-state index in [-0.39, 0.29) is 5.91 Å². The summed E-state index contributed by atoms with van der Waals surface area (Å²) in [6, 6.07) is 14.8. The Bertz CT molecular complexity index is 804. The van der Waals surface area contributed by atoms with E-state index in [1.54, 1.807) is 6.20 Å². The van der Waals surface area contributed by atoms with Gasteiger partial charge >= 0.3 is 0 Å². The van der Waals surface area contributed by atoms with Crippen LogP contribution in [0, 0.1) is 0 Å². The van der Waals surface area contributed by atoms with Gasteiger partial charge in [-0.3, -0.25) is 20.0 Å². The van der Waals surface area contributed by atoms with Crippen LogP contribution in [-0.4, -0.2) is 40.1 Å². The van der Waals surface area contributed by atoms with E-state index in [1.807, 2.05) is 67.5 Å². The van der Waals surface area contributed by atoms with Gasteiger partial charge in [-0.2, -0.15) is 0 Å². The number of pyridine rings is 1. The topological polar surface area (TPSA) is 71.0 Å². The molecule has 122 valence electrons. The molecule has 1 unspecified atom stereocenters. The van der Waals surface area contributed by atoms with Crippen LogP contribution in [0.1, 0.15) is 11.6 Å². The summed E-state index contributed by atoms with van der Waals surface area (Å²) in [6.07, 6.45) is 1.70. The van der Waals surface area contributed by atoms with E-state index in [4.69, 9.17) is 0 Å². The van der Waals surface area contributed by atoms with Crippen LogP contribution in [0.25, 0.3) is 10.7 Å². The first-order valence-electron chi connectivity index (χ1n) is 7.42. The molecule has 1 amide bonds. The lowest BCUT2D eigenvalue weighted by atomic mass is 10.1. The molecule has 24 heavy (non-hydrogen) atoms. The fourth-order valence-corrected chi connectivity index (χ4v) is 3.08. The molecule has 0 radical (unpaired) electrons. The Hall–Kier alpha value is -2.64. The number of carbonyl (C=O) groups is 1. The number of hydrogen-bond acceptors (Lipinski definition) is 6. The van der Waals surface area contributed by atoms with Gasteiger partial charge in [-0.25, -0.2) is 0 Å². The van der Waals surface area contributed by atoms with Crippen molar-refractivity contribution in [3.63, 3.8) is 0 Å². The van der Waals surface area contributed by atoms with Crippen molar-refractivity contribution in [1.29, 1.82) is 0 Å². The molecule has 2 heterocycles. The van der Waals surface area contributed by atoms with E-state index in [0.717, 1.165) is 11.3 Å². The number of nitrogens with zero attached hydrogens (tertiary/aromatic N) is 4. The predicted molar refractivity (Wildman–Crippen MR) is 94.6 cm³/mol. The molecule has 3 aromatic rings. The number of aromatic nitrogens is 3. The van der Waals surface area contributed by atoms with Crippen LogP contribution in [0.2, 0.25) is 0 Å². The van der Waals surface area contributed by atoms with Crippen molar-refractivity contribution in [1.82, 2.24) is 20.1 Å². The van der Waals surface area contributed by atoms with Crippen molar-refractivity contribution in [3.05, 3.63) is 60.3 Å². The average molecular weight is 339 g/mol. The number of nitrogens with one attached hydrogen (secondary N) is 1. The summed E-state index contributed by atoms with van der Waals surface area (Å²) in [5.41, 5.74) is 1.66. The fourth-order valence-electron chi connectivity index (χ4n) is 2.36. The first kappa shape index (κ1) is 16.2. The smallest absolute Gasteiger partial charge is 0.248 e. The summed E-state index contributed by atoms with van der Waals surface area (Å²) < 4.78 is 0. The van der Waals surface area contributed by atoms with E-state index in [1.165, 1.54) is 11.3 Å². The molecule has 0 saturated carbocycles. The van der Waals surface area contributed by atoms with E-state index in [9.17, 15) is 4.79 Å². The normalized spacial score (nSPS) is 12.1. The van der Waals surface area contributed by atoms with E-state index < -0.39 is 6.04 Å². The van der Waals surface area contributed by atoms with Crippen LogP contribution in [0.15, 0.2) is 54.7 Å². The number of anilines is 1. The highest BCUT2D eigenvalue weighted by atomic mass is 32.1. The molecule has 1 N–H and O–H groups in total. The zero-order valence-corrected chi connectivity index (χ0v) is 14.2. The minimum atomic E-state index is -0.395. The van der Waals surface area contributed by atoms with Crippen LogP contribution in [0.5, 0.6) is 0 Å². The maximum atomic E-state index is 12.7. The van der Waals surface area contributed by atoms with E-state index in [0.29, 0.717) is 10.1 Å². The number of amides is 1. The SMILES string of the molecule is CN(C)C(C(=O)Nc1nnc(-c2ccccn2)s1)c1ccccc1. The van der Waals surface area contributed by atoms with E-state index >= 15 is 0 Å². The Labute approximate surface area is 144 Å². The third-order valence-electron chi connectivity index (χ3n) is 3.42. The highest BCUT2D eigenvalue weighted by Gasteiger charge is 2.24. The fraction of sp³-hybridized carbons (Fsp3) is 0.176. The standard InChI is InChI=1S/C17H17N5OS/c1-22(2)14(12-8-4-3-5-9-12)15(23)19-17-21-20-16(24-17)13-10-6-7-11-18-13/h3-11,14H,1-2H3,(H,19,21,23). The Morgan fingerprint density at radius 2 is 1.83 bits per heavy atom. The van der Waals surface area contributed by atoms with Crippen LogP contribution in [-0.2, 0) is 4.79 Å². The molecule has 3 rings (SSSR count). The molecular formula is C17H17N5OS. The minimum absolute atomic E-state index is 0.144. The molecule has 0 bridgehead atoms. The van der Waals surface area contributed by atoms with Gasteiger partial charge in [0.25, 0.3) is 0 Å². The van der Waals surface area contributed by atoms with Crippen LogP contribution >= 0.6 is 11.3 Å². The van der Waals surface area contributed by atoms with Gasteiger partial charge in [-0.1, -0.05) is 47.7 Å². The third kappa shape index (κ3) is 3.64. The molecule has 6 nitrogen and oxygen atoms in total. The van der Waals surface area contributed by atoms with Crippen molar-refractivity contribution in [3.8, 4) is 10.7 Å². The number of rotatable bonds is 5. The Morgan fingerprint density at radius 3 is 2.50 bits per heavy atom. The summed E-state index contributed by atoms with van der Waals surface area (Å²) in [6.45, 7) is 0. The summed E-state index contributed by atoms with van der Waals surface area (Å²) in [5.74, 6) is -0.144. The number of carbonyl (C=O) groups excluding carboxylic acids is 1. The molecule has 0 fully saturated rings. The van der Waals surface area contributed by atoms with Gasteiger partial charge < -0.3 is 0 Å². The van der Waals surface area contributed by atoms with Gasteiger partial charge in [-0.15, -0.1) is 10.2 Å². The highest BCUT2D eigenvalue weighted by molar-refractivity contribution is 7.18. The monoisotopic (exact) mass is 339 g/mol. The van der Waals surface area contributed by atoms with Gasteiger partial charge in [0, 0.05) is 6.20 Å². The number of benzene rings is 1. The number of likely N-dealkylation sites (N-methyl/N-ethyl adjacent to an activating group) is 1. The molecule has 0 aliphatic carbocycles. The zero-order valence-electron chi connectivity index (χ0n) is 13.4. The quantitative estimate of drug-likeness (QED) is 0.774. The predicted octanol–water partition coefficient (Wildman–Crippen LogP) is 2.84. The molecule has 0 spiro atoms. The maximum absolute atomic E-state index is 12.7. The van der Waals surface area contributed by atoms with E-state index in [2.05, 4.69) is 20.5 Å². The van der Waals surface area contributed by atoms with Gasteiger partial charge in [0.05, 0.1) is 0 Å². The molecule has 7 heteroatoms. The molecule has 2 aromatic heterocycles. The molecule has 1 aromatic carbocycles. The molecular weight excluding hydrogens is 322 g/mol. The lowest BCUT2D eigenvalue weighted by molar-refractivity contribution is -0.120. The highest BCUT2D eigenvalue weighted by Crippen LogP contribution is 2.26. The second-order valence-electron chi connectivity index (χ2n) is 5.39. The zero-order chi connectivity index (χ0) is 16.9. The molecule has 0 aliphatic heterocycles. The second kappa shape index (κ2) is 7.29. The lowest BCUT2D eigenvalue weighted by Crippen LogP contribution is -2.32. The summed E-state index contributed by atoms with van der Waals surface area (Å²) in [5, 5.41) is 12.1. The van der Waals surface area contributed by atoms with Crippen LogP contribution in [0.4, 0.5) is 5.13 Å². The van der Waals surface area contributed by atoms with Crippen LogP contribution in [0.3, 0.4) is 0 Å². The van der Waals surface area contributed by atoms with Crippen molar-refractivity contribution in [2.75, 3.05) is 19.4 Å². The largest absolute Gasteiger partial charge is 0.299 e. The first-order chi connectivity index (χ1) is 11.6. The second-order valence-corrected chi connectivity index (χ2v) is 6.37. The van der Waals surface area contributed by atoms with Crippen molar-refractivity contribution in [2.24, 2.45) is 0 Å². The Balaban J connectivity index is 1.78. The third-order valence-corrected chi connectivity index (χ3v) is 4.28. The van der Waals surface area contributed by atoms with Gasteiger partial charge in [0.1, 0.15) is 11.7 Å². The van der Waals surface area contributed by atoms with Gasteiger partial charge in [0.2, 0.25) is 11.0 Å². The van der Waals surface area contributed by atoms with Gasteiger partial charge in [-0.05, 0) is 31.8 Å². The van der Waals surface area contributed by atoms with Crippen LogP contribution < -0.4 is 5.32 Å². The Morgan fingerprint density at radius 1 is 1.08 bits per heavy atom. The van der Waals surface area contributed by atoms with Crippen molar-refractivity contribution < 1.29 is 4.79 Å². The van der Waals surface area contributed by atoms with Gasteiger partial charge in [0.15, 0.2) is 5.01 Å². The first-order valence-corrected chi connectivity index (χ1v) is 8.24. The lowest BCUT2D eigenvalue weighted by Gasteiger charge is -2.23. The summed E-state index contributed by atoms with van der Waals surface area (Å²) in [4.78, 5) is 18.8. The summed E-state index contributed by atoms with van der Waals surface area (Å²) in [7, 11) is 3.74. The molecule has 0 saturated heterocycles. The number of hydrogen-bond donors (Lipinski definition) is 1. The molecule has 1 atom stereocenters. The molecule has 0 aliphatic rings.